The minimum Gasteiger partial charge on any atom is -0.369 e. The van der Waals surface area contributed by atoms with Crippen LogP contribution in [0.4, 0.5) is 5.69 Å². The van der Waals surface area contributed by atoms with Gasteiger partial charge in [0.1, 0.15) is 0 Å². The Morgan fingerprint density at radius 1 is 1.22 bits per heavy atom. The lowest BCUT2D eigenvalue weighted by Crippen LogP contribution is -2.46. The molecule has 0 spiro atoms. The number of hydrogen-bond donors (Lipinski definition) is 0. The van der Waals surface area contributed by atoms with E-state index in [1.807, 2.05) is 0 Å². The van der Waals surface area contributed by atoms with Crippen LogP contribution in [-0.2, 0) is 5.33 Å². The maximum Gasteiger partial charge on any atom is 0.0467 e. The van der Waals surface area contributed by atoms with Crippen LogP contribution in [0.1, 0.15) is 18.9 Å². The van der Waals surface area contributed by atoms with Crippen LogP contribution in [-0.4, -0.2) is 37.6 Å². The molecule has 0 amide bonds. The molecule has 0 bridgehead atoms. The predicted molar refractivity (Wildman–Crippen MR) is 83.0 cm³/mol. The minimum absolute atomic E-state index is 0.816. The monoisotopic (exact) mass is 330 g/mol. The zero-order valence-corrected chi connectivity index (χ0v) is 13.2. The summed E-state index contributed by atoms with van der Waals surface area (Å²) in [6.45, 7) is 7.98. The fourth-order valence-electron chi connectivity index (χ4n) is 2.39. The fraction of sp³-hybridized carbons (Fsp3) is 0.571. The number of halogens is 2. The van der Waals surface area contributed by atoms with Crippen molar-refractivity contribution < 1.29 is 0 Å². The Balaban J connectivity index is 1.99. The third kappa shape index (κ3) is 3.40. The molecule has 2 rings (SSSR count). The molecule has 0 saturated carbocycles. The molecule has 0 radical (unpaired) electrons. The molecule has 2 nitrogen and oxygen atoms in total. The molecule has 1 fully saturated rings. The Labute approximate surface area is 123 Å². The second-order valence-electron chi connectivity index (χ2n) is 4.74. The quantitative estimate of drug-likeness (QED) is 0.775. The van der Waals surface area contributed by atoms with Crippen molar-refractivity contribution in [2.24, 2.45) is 0 Å². The van der Waals surface area contributed by atoms with Crippen LogP contribution in [0.25, 0.3) is 0 Å². The molecule has 0 aliphatic carbocycles. The summed E-state index contributed by atoms with van der Waals surface area (Å²) in [6, 6.07) is 6.39. The first kappa shape index (κ1) is 14.2. The van der Waals surface area contributed by atoms with Crippen molar-refractivity contribution in [3.05, 3.63) is 28.8 Å². The second-order valence-corrected chi connectivity index (χ2v) is 5.71. The van der Waals surface area contributed by atoms with E-state index >= 15 is 0 Å². The third-order valence-corrected chi connectivity index (χ3v) is 4.41. The maximum absolute atomic E-state index is 6.26. The van der Waals surface area contributed by atoms with Crippen molar-refractivity contribution in [1.82, 2.24) is 4.90 Å². The van der Waals surface area contributed by atoms with E-state index in [1.54, 1.807) is 0 Å². The molecule has 4 heteroatoms. The van der Waals surface area contributed by atoms with Crippen LogP contribution in [0, 0.1) is 0 Å². The van der Waals surface area contributed by atoms with E-state index in [-0.39, 0.29) is 0 Å². The number of hydrogen-bond acceptors (Lipinski definition) is 2. The highest BCUT2D eigenvalue weighted by Crippen LogP contribution is 2.26. The van der Waals surface area contributed by atoms with E-state index in [0.29, 0.717) is 0 Å². The van der Waals surface area contributed by atoms with Crippen molar-refractivity contribution >= 4 is 33.2 Å². The van der Waals surface area contributed by atoms with E-state index in [4.69, 9.17) is 11.6 Å². The second kappa shape index (κ2) is 6.78. The molecule has 0 N–H and O–H groups in total. The Morgan fingerprint density at radius 2 is 1.94 bits per heavy atom. The summed E-state index contributed by atoms with van der Waals surface area (Å²) in [5.41, 5.74) is 2.41. The van der Waals surface area contributed by atoms with Crippen LogP contribution in [0.15, 0.2) is 18.2 Å². The fourth-order valence-corrected chi connectivity index (χ4v) is 3.28. The first-order chi connectivity index (χ1) is 8.74. The first-order valence-corrected chi connectivity index (χ1v) is 8.06. The van der Waals surface area contributed by atoms with Crippen molar-refractivity contribution in [1.29, 1.82) is 0 Å². The van der Waals surface area contributed by atoms with Crippen molar-refractivity contribution in [3.8, 4) is 0 Å². The summed E-state index contributed by atoms with van der Waals surface area (Å²) >= 11 is 9.71. The Morgan fingerprint density at radius 3 is 2.50 bits per heavy atom. The van der Waals surface area contributed by atoms with Gasteiger partial charge in [-0.15, -0.1) is 0 Å². The summed E-state index contributed by atoms with van der Waals surface area (Å²) in [7, 11) is 0. The molecule has 100 valence electrons. The third-order valence-electron chi connectivity index (χ3n) is 3.46. The van der Waals surface area contributed by atoms with Crippen molar-refractivity contribution in [3.63, 3.8) is 0 Å². The van der Waals surface area contributed by atoms with Gasteiger partial charge in [0.2, 0.25) is 0 Å². The highest BCUT2D eigenvalue weighted by Gasteiger charge is 2.16. The summed E-state index contributed by atoms with van der Waals surface area (Å²) in [4.78, 5) is 4.96. The van der Waals surface area contributed by atoms with Gasteiger partial charge in [-0.3, -0.25) is 4.90 Å². The summed E-state index contributed by atoms with van der Waals surface area (Å²) in [6.07, 6.45) is 1.24. The van der Waals surface area contributed by atoms with E-state index in [0.717, 1.165) is 42.1 Å². The van der Waals surface area contributed by atoms with Crippen LogP contribution < -0.4 is 4.90 Å². The molecule has 18 heavy (non-hydrogen) atoms. The van der Waals surface area contributed by atoms with E-state index in [9.17, 15) is 0 Å². The van der Waals surface area contributed by atoms with Gasteiger partial charge in [0.05, 0.1) is 0 Å². The van der Waals surface area contributed by atoms with Crippen LogP contribution >= 0.6 is 27.5 Å². The SMILES string of the molecule is CCCN1CCN(c2ccc(CBr)c(Cl)c2)CC1. The summed E-state index contributed by atoms with van der Waals surface area (Å²) in [5, 5.41) is 1.68. The lowest BCUT2D eigenvalue weighted by atomic mass is 10.2. The molecule has 1 saturated heterocycles. The highest BCUT2D eigenvalue weighted by atomic mass is 79.9. The number of piperazine rings is 1. The Hall–Kier alpha value is -0.250. The maximum atomic E-state index is 6.26. The number of anilines is 1. The molecule has 1 heterocycles. The van der Waals surface area contributed by atoms with Gasteiger partial charge in [-0.25, -0.2) is 0 Å². The number of nitrogens with zero attached hydrogens (tertiary/aromatic N) is 2. The van der Waals surface area contributed by atoms with Gasteiger partial charge < -0.3 is 4.90 Å². The van der Waals surface area contributed by atoms with Crippen LogP contribution in [0.2, 0.25) is 5.02 Å². The lowest BCUT2D eigenvalue weighted by molar-refractivity contribution is 0.258. The number of rotatable bonds is 4. The average Bonchev–Trinajstić information content (AvgIpc) is 2.40. The topological polar surface area (TPSA) is 6.48 Å². The Bertz CT molecular complexity index is 389. The van der Waals surface area contributed by atoms with Crippen molar-refractivity contribution in [2.45, 2.75) is 18.7 Å². The zero-order valence-electron chi connectivity index (χ0n) is 10.8. The molecule has 0 atom stereocenters. The molecule has 0 unspecified atom stereocenters. The van der Waals surface area contributed by atoms with Gasteiger partial charge in [-0.2, -0.15) is 0 Å². The molecule has 1 aromatic rings. The van der Waals surface area contributed by atoms with Gasteiger partial charge in [-0.05, 0) is 30.7 Å². The predicted octanol–water partition coefficient (Wildman–Crippen LogP) is 3.77. The largest absolute Gasteiger partial charge is 0.369 e. The molecule has 1 aliphatic heterocycles. The van der Waals surface area contributed by atoms with E-state index < -0.39 is 0 Å². The molecule has 1 aromatic carbocycles. The van der Waals surface area contributed by atoms with Gasteiger partial charge in [0, 0.05) is 42.2 Å². The molecular weight excluding hydrogens is 312 g/mol. The smallest absolute Gasteiger partial charge is 0.0467 e. The standard InChI is InChI=1S/C14H20BrClN2/c1-2-5-17-6-8-18(9-7-17)13-4-3-12(11-15)14(16)10-13/h3-4,10H,2,5-9,11H2,1H3. The average molecular weight is 332 g/mol. The van der Waals surface area contributed by atoms with Gasteiger partial charge in [-0.1, -0.05) is 40.5 Å². The zero-order chi connectivity index (χ0) is 13.0. The number of benzene rings is 1. The molecule has 0 aromatic heterocycles. The normalized spacial score (nSPS) is 17.2. The van der Waals surface area contributed by atoms with Crippen molar-refractivity contribution in [2.75, 3.05) is 37.6 Å². The van der Waals surface area contributed by atoms with Gasteiger partial charge in [0.15, 0.2) is 0 Å². The highest BCUT2D eigenvalue weighted by molar-refractivity contribution is 9.08. The molecular formula is C14H20BrClN2. The summed E-state index contributed by atoms with van der Waals surface area (Å²) in [5.74, 6) is 0. The Kier molecular flexibility index (Phi) is 5.34. The van der Waals surface area contributed by atoms with Gasteiger partial charge in [0.25, 0.3) is 0 Å². The van der Waals surface area contributed by atoms with E-state index in [2.05, 4.69) is 50.9 Å². The lowest BCUT2D eigenvalue weighted by Gasteiger charge is -2.36. The van der Waals surface area contributed by atoms with Crippen LogP contribution in [0.3, 0.4) is 0 Å². The number of alkyl halides is 1. The minimum atomic E-state index is 0.816. The van der Waals surface area contributed by atoms with Crippen LogP contribution in [0.5, 0.6) is 0 Å². The summed E-state index contributed by atoms with van der Waals surface area (Å²) < 4.78 is 0. The van der Waals surface area contributed by atoms with E-state index in [1.165, 1.54) is 18.7 Å². The molecule has 1 aliphatic rings. The first-order valence-electron chi connectivity index (χ1n) is 6.56. The van der Waals surface area contributed by atoms with Gasteiger partial charge >= 0.3 is 0 Å².